The summed E-state index contributed by atoms with van der Waals surface area (Å²) in [4.78, 5) is 2.56. The quantitative estimate of drug-likeness (QED) is 0.922. The Hall–Kier alpha value is -2.36. The molecule has 0 aliphatic carbocycles. The Morgan fingerprint density at radius 2 is 1.40 bits per heavy atom. The minimum Gasteiger partial charge on any atom is -0.502 e. The van der Waals surface area contributed by atoms with Crippen molar-refractivity contribution in [2.24, 2.45) is 0 Å². The van der Waals surface area contributed by atoms with E-state index in [2.05, 4.69) is 17.0 Å². The van der Waals surface area contributed by atoms with Crippen LogP contribution < -0.4 is 14.4 Å². The molecule has 25 heavy (non-hydrogen) atoms. The van der Waals surface area contributed by atoms with Crippen LogP contribution in [-0.4, -0.2) is 32.4 Å². The van der Waals surface area contributed by atoms with Gasteiger partial charge in [0.2, 0.25) is 5.75 Å². The number of aromatic hydroxyl groups is 1. The first kappa shape index (κ1) is 16.1. The van der Waals surface area contributed by atoms with E-state index in [1.807, 2.05) is 12.1 Å². The average molecular weight is 339 g/mol. The third-order valence-corrected chi connectivity index (χ3v) is 5.34. The molecule has 4 nitrogen and oxygen atoms in total. The van der Waals surface area contributed by atoms with E-state index in [1.165, 1.54) is 61.2 Å². The minimum atomic E-state index is 0.0601. The van der Waals surface area contributed by atoms with Gasteiger partial charge in [-0.3, -0.25) is 0 Å². The molecule has 4 rings (SSSR count). The Bertz CT molecular complexity index is 744. The summed E-state index contributed by atoms with van der Waals surface area (Å²) in [6, 6.07) is 8.52. The molecule has 1 N–H and O–H groups in total. The van der Waals surface area contributed by atoms with Crippen molar-refractivity contribution in [3.8, 4) is 17.2 Å². The van der Waals surface area contributed by atoms with Crippen LogP contribution in [0.2, 0.25) is 0 Å². The topological polar surface area (TPSA) is 41.9 Å². The highest BCUT2D eigenvalue weighted by atomic mass is 16.5. The first-order valence-electron chi connectivity index (χ1n) is 9.03. The number of ether oxygens (including phenoxy) is 2. The number of methoxy groups -OCH3 is 2. The Labute approximate surface area is 149 Å². The van der Waals surface area contributed by atoms with Crippen molar-refractivity contribution >= 4 is 5.69 Å². The molecule has 4 heteroatoms. The molecule has 2 aliphatic rings. The van der Waals surface area contributed by atoms with Crippen molar-refractivity contribution in [3.63, 3.8) is 0 Å². The molecule has 2 aliphatic heterocycles. The molecule has 0 unspecified atom stereocenters. The highest BCUT2D eigenvalue weighted by molar-refractivity contribution is 5.64. The van der Waals surface area contributed by atoms with E-state index in [4.69, 9.17) is 9.47 Å². The fourth-order valence-electron chi connectivity index (χ4n) is 4.26. The summed E-state index contributed by atoms with van der Waals surface area (Å²) >= 11 is 0. The summed E-state index contributed by atoms with van der Waals surface area (Å²) in [6.45, 7) is 2.40. The minimum absolute atomic E-state index is 0.0601. The molecule has 0 fully saturated rings. The Morgan fingerprint density at radius 1 is 0.880 bits per heavy atom. The van der Waals surface area contributed by atoms with Gasteiger partial charge in [0.1, 0.15) is 0 Å². The molecule has 0 atom stereocenters. The fraction of sp³-hybridized carbons (Fsp3) is 0.429. The SMILES string of the molecule is COc1cc(Cc2cc3c4c(c2)CCCN4CCC3)cc(OC)c1O. The molecular formula is C21H25NO3. The number of phenolic OH excluding ortho intramolecular Hbond substituents is 1. The molecule has 0 aromatic heterocycles. The number of hydrogen-bond acceptors (Lipinski definition) is 4. The summed E-state index contributed by atoms with van der Waals surface area (Å²) in [6.07, 6.45) is 5.66. The number of phenols is 1. The highest BCUT2D eigenvalue weighted by Crippen LogP contribution is 2.39. The molecule has 0 bridgehead atoms. The number of hydrogen-bond donors (Lipinski definition) is 1. The molecule has 2 heterocycles. The molecule has 132 valence electrons. The van der Waals surface area contributed by atoms with Gasteiger partial charge in [0.25, 0.3) is 0 Å². The maximum Gasteiger partial charge on any atom is 0.200 e. The second-order valence-electron chi connectivity index (χ2n) is 6.98. The second kappa shape index (κ2) is 6.51. The summed E-state index contributed by atoms with van der Waals surface area (Å²) in [7, 11) is 3.13. The lowest BCUT2D eigenvalue weighted by atomic mass is 9.88. The summed E-state index contributed by atoms with van der Waals surface area (Å²) in [5, 5.41) is 10.1. The number of rotatable bonds is 4. The third kappa shape index (κ3) is 2.90. The van der Waals surface area contributed by atoms with Crippen LogP contribution in [0.25, 0.3) is 0 Å². The normalized spacial score (nSPS) is 15.7. The van der Waals surface area contributed by atoms with Crippen molar-refractivity contribution in [1.82, 2.24) is 0 Å². The fourth-order valence-corrected chi connectivity index (χ4v) is 4.26. The van der Waals surface area contributed by atoms with Crippen LogP contribution in [0.3, 0.4) is 0 Å². The van der Waals surface area contributed by atoms with Gasteiger partial charge in [-0.15, -0.1) is 0 Å². The molecule has 0 spiro atoms. The first-order valence-corrected chi connectivity index (χ1v) is 9.03. The van der Waals surface area contributed by atoms with E-state index in [0.717, 1.165) is 12.0 Å². The van der Waals surface area contributed by atoms with Crippen molar-refractivity contribution in [2.75, 3.05) is 32.2 Å². The third-order valence-electron chi connectivity index (χ3n) is 5.34. The van der Waals surface area contributed by atoms with Crippen LogP contribution in [-0.2, 0) is 19.3 Å². The lowest BCUT2D eigenvalue weighted by Gasteiger charge is -2.37. The van der Waals surface area contributed by atoms with Gasteiger partial charge in [-0.05, 0) is 66.5 Å². The van der Waals surface area contributed by atoms with E-state index >= 15 is 0 Å². The number of benzene rings is 2. The predicted octanol–water partition coefficient (Wildman–Crippen LogP) is 3.70. The van der Waals surface area contributed by atoms with E-state index < -0.39 is 0 Å². The van der Waals surface area contributed by atoms with Crippen molar-refractivity contribution in [3.05, 3.63) is 46.5 Å². The molecule has 0 radical (unpaired) electrons. The molecule has 2 aromatic rings. The molecule has 2 aromatic carbocycles. The van der Waals surface area contributed by atoms with Gasteiger partial charge in [0.05, 0.1) is 14.2 Å². The van der Waals surface area contributed by atoms with Crippen LogP contribution in [0.4, 0.5) is 5.69 Å². The zero-order chi connectivity index (χ0) is 17.4. The smallest absolute Gasteiger partial charge is 0.200 e. The zero-order valence-electron chi connectivity index (χ0n) is 15.0. The van der Waals surface area contributed by atoms with E-state index in [0.29, 0.717) is 11.5 Å². The number of aryl methyl sites for hydroxylation is 2. The van der Waals surface area contributed by atoms with Crippen LogP contribution in [0, 0.1) is 0 Å². The molecular weight excluding hydrogens is 314 g/mol. The van der Waals surface area contributed by atoms with Crippen LogP contribution in [0.15, 0.2) is 24.3 Å². The van der Waals surface area contributed by atoms with Crippen LogP contribution in [0.1, 0.15) is 35.1 Å². The van der Waals surface area contributed by atoms with Crippen molar-refractivity contribution < 1.29 is 14.6 Å². The van der Waals surface area contributed by atoms with E-state index in [9.17, 15) is 5.11 Å². The summed E-state index contributed by atoms with van der Waals surface area (Å²) in [5.74, 6) is 0.976. The van der Waals surface area contributed by atoms with Gasteiger partial charge in [-0.2, -0.15) is 0 Å². The maximum atomic E-state index is 10.1. The lowest BCUT2D eigenvalue weighted by Crippen LogP contribution is -2.34. The van der Waals surface area contributed by atoms with E-state index in [1.54, 1.807) is 14.2 Å². The van der Waals surface area contributed by atoms with Crippen molar-refractivity contribution in [2.45, 2.75) is 32.1 Å². The monoisotopic (exact) mass is 339 g/mol. The second-order valence-corrected chi connectivity index (χ2v) is 6.98. The van der Waals surface area contributed by atoms with Crippen molar-refractivity contribution in [1.29, 1.82) is 0 Å². The molecule has 0 saturated carbocycles. The number of nitrogens with zero attached hydrogens (tertiary/aromatic N) is 1. The average Bonchev–Trinajstić information content (AvgIpc) is 2.63. The Balaban J connectivity index is 1.70. The summed E-state index contributed by atoms with van der Waals surface area (Å²) < 4.78 is 10.6. The predicted molar refractivity (Wildman–Crippen MR) is 99.3 cm³/mol. The largest absolute Gasteiger partial charge is 0.502 e. The van der Waals surface area contributed by atoms with Crippen LogP contribution in [0.5, 0.6) is 17.2 Å². The van der Waals surface area contributed by atoms with E-state index in [-0.39, 0.29) is 5.75 Å². The molecule has 0 saturated heterocycles. The summed E-state index contributed by atoms with van der Waals surface area (Å²) in [5.41, 5.74) is 6.91. The maximum absolute atomic E-state index is 10.1. The Kier molecular flexibility index (Phi) is 4.20. The number of anilines is 1. The van der Waals surface area contributed by atoms with Gasteiger partial charge < -0.3 is 19.5 Å². The Morgan fingerprint density at radius 3 is 1.92 bits per heavy atom. The van der Waals surface area contributed by atoms with Gasteiger partial charge in [-0.1, -0.05) is 12.1 Å². The molecule has 0 amide bonds. The standard InChI is InChI=1S/C21H25NO3/c1-24-18-12-15(13-19(25-2)21(18)23)9-14-10-16-5-3-7-22-8-4-6-17(11-14)20(16)22/h10-13,23H,3-9H2,1-2H3. The van der Waals surface area contributed by atoms with Gasteiger partial charge >= 0.3 is 0 Å². The van der Waals surface area contributed by atoms with Gasteiger partial charge in [0.15, 0.2) is 11.5 Å². The zero-order valence-corrected chi connectivity index (χ0v) is 15.0. The first-order chi connectivity index (χ1) is 12.2. The van der Waals surface area contributed by atoms with Gasteiger partial charge in [-0.25, -0.2) is 0 Å². The highest BCUT2D eigenvalue weighted by Gasteiger charge is 2.24. The lowest BCUT2D eigenvalue weighted by molar-refractivity contribution is 0.339. The van der Waals surface area contributed by atoms with Gasteiger partial charge in [0, 0.05) is 18.8 Å². The van der Waals surface area contributed by atoms with Crippen LogP contribution >= 0.6 is 0 Å².